The van der Waals surface area contributed by atoms with Crippen molar-refractivity contribution in [1.29, 1.82) is 0 Å². The third-order valence-electron chi connectivity index (χ3n) is 1.35. The lowest BCUT2D eigenvalue weighted by Gasteiger charge is -2.01. The molecule has 0 aromatic rings. The Kier molecular flexibility index (Phi) is 2.04. The first-order valence-corrected chi connectivity index (χ1v) is 3.56. The van der Waals surface area contributed by atoms with Crippen LogP contribution in [0.2, 0.25) is 0 Å². The highest BCUT2D eigenvalue weighted by Gasteiger charge is 2.09. The zero-order valence-corrected chi connectivity index (χ0v) is 6.46. The minimum Gasteiger partial charge on any atom is -0.385 e. The van der Waals surface area contributed by atoms with E-state index in [1.807, 2.05) is 0 Å². The average Bonchev–Trinajstić information content (AvgIpc) is 2.13. The van der Waals surface area contributed by atoms with Crippen LogP contribution in [0.5, 0.6) is 0 Å². The van der Waals surface area contributed by atoms with E-state index in [0.29, 0.717) is 11.8 Å². The van der Waals surface area contributed by atoms with Crippen LogP contribution in [0.4, 0.5) is 0 Å². The van der Waals surface area contributed by atoms with E-state index in [1.165, 1.54) is 0 Å². The van der Waals surface area contributed by atoms with Crippen LogP contribution in [-0.2, 0) is 0 Å². The maximum atomic E-state index is 5.44. The van der Waals surface area contributed by atoms with Gasteiger partial charge in [0, 0.05) is 12.1 Å². The second kappa shape index (κ2) is 2.82. The summed E-state index contributed by atoms with van der Waals surface area (Å²) in [5.41, 5.74) is 6.55. The number of hydrogen-bond donors (Lipinski definition) is 1. The van der Waals surface area contributed by atoms with Crippen molar-refractivity contribution in [2.45, 2.75) is 26.7 Å². The third kappa shape index (κ3) is 1.83. The van der Waals surface area contributed by atoms with Crippen LogP contribution in [0.1, 0.15) is 26.7 Å². The van der Waals surface area contributed by atoms with Crippen molar-refractivity contribution in [3.05, 3.63) is 0 Å². The Morgan fingerprint density at radius 3 is 2.60 bits per heavy atom. The number of nitrogens with zero attached hydrogens (tertiary/aromatic N) is 2. The summed E-state index contributed by atoms with van der Waals surface area (Å²) in [6.07, 6.45) is 1.79. The van der Waals surface area contributed by atoms with Crippen LogP contribution in [0.3, 0.4) is 0 Å². The van der Waals surface area contributed by atoms with Gasteiger partial charge in [-0.25, -0.2) is 0 Å². The van der Waals surface area contributed by atoms with Gasteiger partial charge in [0.25, 0.3) is 0 Å². The lowest BCUT2D eigenvalue weighted by molar-refractivity contribution is 0.680. The monoisotopic (exact) mass is 139 g/mol. The SMILES string of the molecule is CC(C)CC1=NN=C(N)C1. The molecule has 0 unspecified atom stereocenters. The fraction of sp³-hybridized carbons (Fsp3) is 0.714. The number of amidine groups is 1. The quantitative estimate of drug-likeness (QED) is 0.613. The molecule has 0 aliphatic carbocycles. The first kappa shape index (κ1) is 7.25. The Hall–Kier alpha value is -0.860. The van der Waals surface area contributed by atoms with Crippen molar-refractivity contribution >= 4 is 11.5 Å². The Labute approximate surface area is 61.0 Å². The fourth-order valence-electron chi connectivity index (χ4n) is 0.999. The average molecular weight is 139 g/mol. The van der Waals surface area contributed by atoms with Crippen LogP contribution in [0.15, 0.2) is 10.2 Å². The van der Waals surface area contributed by atoms with Crippen LogP contribution < -0.4 is 5.73 Å². The first-order chi connectivity index (χ1) is 4.68. The molecule has 0 atom stereocenters. The summed E-state index contributed by atoms with van der Waals surface area (Å²) in [6, 6.07) is 0. The van der Waals surface area contributed by atoms with Gasteiger partial charge in [0.15, 0.2) is 0 Å². The van der Waals surface area contributed by atoms with Gasteiger partial charge in [0.2, 0.25) is 0 Å². The van der Waals surface area contributed by atoms with Gasteiger partial charge in [-0.3, -0.25) is 0 Å². The highest BCUT2D eigenvalue weighted by atomic mass is 15.3. The summed E-state index contributed by atoms with van der Waals surface area (Å²) >= 11 is 0. The summed E-state index contributed by atoms with van der Waals surface area (Å²) in [4.78, 5) is 0. The molecule has 1 heterocycles. The molecule has 0 bridgehead atoms. The predicted molar refractivity (Wildman–Crippen MR) is 43.1 cm³/mol. The molecule has 0 spiro atoms. The van der Waals surface area contributed by atoms with Crippen LogP contribution in [0, 0.1) is 5.92 Å². The molecule has 0 fully saturated rings. The third-order valence-corrected chi connectivity index (χ3v) is 1.35. The molecule has 3 heteroatoms. The fourth-order valence-corrected chi connectivity index (χ4v) is 0.999. The van der Waals surface area contributed by atoms with E-state index in [9.17, 15) is 0 Å². The molecule has 0 saturated carbocycles. The minimum absolute atomic E-state index is 0.649. The van der Waals surface area contributed by atoms with Gasteiger partial charge in [-0.05, 0) is 12.3 Å². The van der Waals surface area contributed by atoms with E-state index in [1.54, 1.807) is 0 Å². The van der Waals surface area contributed by atoms with Crippen LogP contribution in [-0.4, -0.2) is 11.5 Å². The van der Waals surface area contributed by atoms with Gasteiger partial charge in [0.1, 0.15) is 5.84 Å². The van der Waals surface area contributed by atoms with Gasteiger partial charge >= 0.3 is 0 Å². The molecule has 1 rings (SSSR count). The van der Waals surface area contributed by atoms with Crippen molar-refractivity contribution in [1.82, 2.24) is 0 Å². The normalized spacial score (nSPS) is 17.5. The second-order valence-corrected chi connectivity index (χ2v) is 3.03. The molecule has 0 amide bonds. The largest absolute Gasteiger partial charge is 0.385 e. The highest BCUT2D eigenvalue weighted by Crippen LogP contribution is 2.08. The van der Waals surface area contributed by atoms with Crippen molar-refractivity contribution in [3.63, 3.8) is 0 Å². The summed E-state index contributed by atoms with van der Waals surface area (Å²) in [5, 5.41) is 7.69. The predicted octanol–water partition coefficient (Wildman–Crippen LogP) is 1.15. The first-order valence-electron chi connectivity index (χ1n) is 3.56. The molecule has 0 aromatic heterocycles. The van der Waals surface area contributed by atoms with Gasteiger partial charge in [-0.1, -0.05) is 13.8 Å². The van der Waals surface area contributed by atoms with E-state index >= 15 is 0 Å². The highest BCUT2D eigenvalue weighted by molar-refractivity contribution is 6.05. The summed E-state index contributed by atoms with van der Waals surface area (Å²) in [6.45, 7) is 4.33. The van der Waals surface area contributed by atoms with E-state index in [4.69, 9.17) is 5.73 Å². The van der Waals surface area contributed by atoms with Gasteiger partial charge in [-0.15, -0.1) is 5.10 Å². The number of rotatable bonds is 2. The Balaban J connectivity index is 2.35. The Morgan fingerprint density at radius 1 is 1.50 bits per heavy atom. The molecular weight excluding hydrogens is 126 g/mol. The topological polar surface area (TPSA) is 50.7 Å². The van der Waals surface area contributed by atoms with Gasteiger partial charge < -0.3 is 5.73 Å². The van der Waals surface area contributed by atoms with E-state index < -0.39 is 0 Å². The van der Waals surface area contributed by atoms with E-state index in [2.05, 4.69) is 24.1 Å². The smallest absolute Gasteiger partial charge is 0.128 e. The molecule has 0 aromatic carbocycles. The summed E-state index contributed by atoms with van der Waals surface area (Å²) in [5.74, 6) is 1.30. The zero-order chi connectivity index (χ0) is 7.56. The molecule has 3 nitrogen and oxygen atoms in total. The molecule has 2 N–H and O–H groups in total. The van der Waals surface area contributed by atoms with E-state index in [0.717, 1.165) is 18.6 Å². The lowest BCUT2D eigenvalue weighted by Crippen LogP contribution is -2.12. The molecular formula is C7H13N3. The van der Waals surface area contributed by atoms with Crippen LogP contribution >= 0.6 is 0 Å². The lowest BCUT2D eigenvalue weighted by atomic mass is 10.0. The molecule has 1 aliphatic heterocycles. The van der Waals surface area contributed by atoms with Crippen molar-refractivity contribution < 1.29 is 0 Å². The Bertz CT molecular complexity index is 179. The number of nitrogens with two attached hydrogens (primary N) is 1. The molecule has 0 radical (unpaired) electrons. The van der Waals surface area contributed by atoms with Crippen molar-refractivity contribution in [2.75, 3.05) is 0 Å². The maximum Gasteiger partial charge on any atom is 0.128 e. The molecule has 0 saturated heterocycles. The second-order valence-electron chi connectivity index (χ2n) is 3.03. The standard InChI is InChI=1S/C7H13N3/c1-5(2)3-6-4-7(8)10-9-6/h5H,3-4H2,1-2H3,(H2,8,10). The van der Waals surface area contributed by atoms with Crippen molar-refractivity contribution in [2.24, 2.45) is 21.9 Å². The zero-order valence-electron chi connectivity index (χ0n) is 6.46. The summed E-state index contributed by atoms with van der Waals surface area (Å²) in [7, 11) is 0. The van der Waals surface area contributed by atoms with Crippen molar-refractivity contribution in [3.8, 4) is 0 Å². The van der Waals surface area contributed by atoms with Crippen LogP contribution in [0.25, 0.3) is 0 Å². The molecule has 10 heavy (non-hydrogen) atoms. The molecule has 56 valence electrons. The minimum atomic E-state index is 0.649. The Morgan fingerprint density at radius 2 is 2.20 bits per heavy atom. The van der Waals surface area contributed by atoms with E-state index in [-0.39, 0.29) is 0 Å². The summed E-state index contributed by atoms with van der Waals surface area (Å²) < 4.78 is 0. The maximum absolute atomic E-state index is 5.44. The molecule has 1 aliphatic rings. The van der Waals surface area contributed by atoms with Gasteiger partial charge in [-0.2, -0.15) is 5.10 Å². The van der Waals surface area contributed by atoms with Gasteiger partial charge in [0.05, 0.1) is 0 Å². The number of hydrogen-bond acceptors (Lipinski definition) is 3.